The van der Waals surface area contributed by atoms with E-state index in [4.69, 9.17) is 14.6 Å². The van der Waals surface area contributed by atoms with Crippen molar-refractivity contribution in [3.63, 3.8) is 0 Å². The maximum Gasteiger partial charge on any atom is 0.257 e. The third kappa shape index (κ3) is 5.08. The number of methoxy groups -OCH3 is 2. The first-order valence-electron chi connectivity index (χ1n) is 12.5. The number of hydrogen-bond acceptors (Lipinski definition) is 5. The first kappa shape index (κ1) is 25.3. The number of amides is 2. The van der Waals surface area contributed by atoms with Crippen molar-refractivity contribution in [2.75, 3.05) is 40.4 Å². The van der Waals surface area contributed by atoms with Gasteiger partial charge in [0, 0.05) is 43.9 Å². The molecule has 1 fully saturated rings. The van der Waals surface area contributed by atoms with E-state index < -0.39 is 0 Å². The van der Waals surface area contributed by atoms with Crippen LogP contribution in [-0.2, 0) is 4.79 Å². The van der Waals surface area contributed by atoms with Crippen LogP contribution >= 0.6 is 0 Å². The standard InChI is InChI=1S/C28H34N4O4/c1-5-30(6-2)27(33)20-14-16-31(17-15-20)28(34)23-19-32(22-10-8-7-9-11-22)29-26(23)21-12-13-24(35-3)25(18-21)36-4/h7-13,18-20H,5-6,14-17H2,1-4H3. The maximum absolute atomic E-state index is 13.8. The number of hydrogen-bond donors (Lipinski definition) is 0. The van der Waals surface area contributed by atoms with Gasteiger partial charge in [0.25, 0.3) is 5.91 Å². The van der Waals surface area contributed by atoms with Gasteiger partial charge in [0.15, 0.2) is 11.5 Å². The fraction of sp³-hybridized carbons (Fsp3) is 0.393. The summed E-state index contributed by atoms with van der Waals surface area (Å²) in [5.41, 5.74) is 2.71. The second-order valence-corrected chi connectivity index (χ2v) is 8.82. The summed E-state index contributed by atoms with van der Waals surface area (Å²) in [6.07, 6.45) is 3.12. The molecule has 2 amide bonds. The van der Waals surface area contributed by atoms with Crippen LogP contribution in [0.1, 0.15) is 37.0 Å². The number of ether oxygens (including phenoxy) is 2. The lowest BCUT2D eigenvalue weighted by molar-refractivity contribution is -0.136. The Morgan fingerprint density at radius 2 is 1.64 bits per heavy atom. The minimum Gasteiger partial charge on any atom is -0.493 e. The van der Waals surface area contributed by atoms with Crippen LogP contribution < -0.4 is 9.47 Å². The molecule has 0 radical (unpaired) electrons. The van der Waals surface area contributed by atoms with Crippen LogP contribution in [0.5, 0.6) is 11.5 Å². The van der Waals surface area contributed by atoms with Gasteiger partial charge < -0.3 is 19.3 Å². The summed E-state index contributed by atoms with van der Waals surface area (Å²) in [4.78, 5) is 30.3. The van der Waals surface area contributed by atoms with Crippen molar-refractivity contribution in [1.29, 1.82) is 0 Å². The fourth-order valence-electron chi connectivity index (χ4n) is 4.73. The van der Waals surface area contributed by atoms with Crippen LogP contribution in [0.3, 0.4) is 0 Å². The van der Waals surface area contributed by atoms with E-state index in [1.54, 1.807) is 25.1 Å². The molecule has 0 N–H and O–H groups in total. The molecule has 0 saturated carbocycles. The van der Waals surface area contributed by atoms with Gasteiger partial charge in [-0.3, -0.25) is 9.59 Å². The highest BCUT2D eigenvalue weighted by molar-refractivity contribution is 6.00. The Bertz CT molecular complexity index is 1200. The van der Waals surface area contributed by atoms with Crippen LogP contribution in [-0.4, -0.2) is 71.8 Å². The molecule has 2 heterocycles. The van der Waals surface area contributed by atoms with Crippen molar-refractivity contribution in [2.45, 2.75) is 26.7 Å². The lowest BCUT2D eigenvalue weighted by Crippen LogP contribution is -2.44. The molecule has 1 aromatic heterocycles. The molecule has 1 aliphatic rings. The molecule has 0 spiro atoms. The molecule has 0 unspecified atom stereocenters. The molecule has 3 aromatic rings. The van der Waals surface area contributed by atoms with Crippen LogP contribution in [0, 0.1) is 5.92 Å². The molecule has 8 nitrogen and oxygen atoms in total. The summed E-state index contributed by atoms with van der Waals surface area (Å²) in [6, 6.07) is 15.2. The summed E-state index contributed by atoms with van der Waals surface area (Å²) in [5, 5.41) is 4.80. The van der Waals surface area contributed by atoms with Gasteiger partial charge in [0.1, 0.15) is 5.69 Å². The minimum absolute atomic E-state index is 0.0358. The average molecular weight is 491 g/mol. The molecule has 1 saturated heterocycles. The van der Waals surface area contributed by atoms with Crippen LogP contribution in [0.4, 0.5) is 0 Å². The van der Waals surface area contributed by atoms with Crippen molar-refractivity contribution >= 4 is 11.8 Å². The number of aromatic nitrogens is 2. The van der Waals surface area contributed by atoms with E-state index in [2.05, 4.69) is 0 Å². The molecular formula is C28H34N4O4. The molecular weight excluding hydrogens is 456 g/mol. The molecule has 1 aliphatic heterocycles. The zero-order valence-electron chi connectivity index (χ0n) is 21.4. The zero-order valence-corrected chi connectivity index (χ0v) is 21.4. The van der Waals surface area contributed by atoms with Crippen LogP contribution in [0.2, 0.25) is 0 Å². The zero-order chi connectivity index (χ0) is 25.7. The number of carbonyl (C=O) groups is 2. The Labute approximate surface area is 212 Å². The Kier molecular flexibility index (Phi) is 7.93. The minimum atomic E-state index is -0.0873. The highest BCUT2D eigenvalue weighted by atomic mass is 16.5. The van der Waals surface area contributed by atoms with Gasteiger partial charge in [-0.05, 0) is 57.0 Å². The summed E-state index contributed by atoms with van der Waals surface area (Å²) in [5.74, 6) is 1.24. The largest absolute Gasteiger partial charge is 0.493 e. The smallest absolute Gasteiger partial charge is 0.257 e. The van der Waals surface area contributed by atoms with Gasteiger partial charge in [-0.1, -0.05) is 18.2 Å². The summed E-state index contributed by atoms with van der Waals surface area (Å²) in [7, 11) is 3.17. The predicted octanol–water partition coefficient (Wildman–Crippen LogP) is 4.28. The second-order valence-electron chi connectivity index (χ2n) is 8.82. The van der Waals surface area contributed by atoms with Gasteiger partial charge in [-0.2, -0.15) is 5.10 Å². The number of benzene rings is 2. The number of likely N-dealkylation sites (tertiary alicyclic amines) is 1. The van der Waals surface area contributed by atoms with E-state index >= 15 is 0 Å². The quantitative estimate of drug-likeness (QED) is 0.471. The molecule has 190 valence electrons. The number of carbonyl (C=O) groups excluding carboxylic acids is 2. The Hall–Kier alpha value is -3.81. The Morgan fingerprint density at radius 1 is 0.972 bits per heavy atom. The van der Waals surface area contributed by atoms with E-state index in [1.807, 2.05) is 72.2 Å². The van der Waals surface area contributed by atoms with Crippen molar-refractivity contribution < 1.29 is 19.1 Å². The molecule has 0 bridgehead atoms. The third-order valence-electron chi connectivity index (χ3n) is 6.83. The average Bonchev–Trinajstić information content (AvgIpc) is 3.39. The van der Waals surface area contributed by atoms with Crippen molar-refractivity contribution in [3.8, 4) is 28.4 Å². The van der Waals surface area contributed by atoms with E-state index in [1.165, 1.54) is 0 Å². The number of nitrogens with zero attached hydrogens (tertiary/aromatic N) is 4. The lowest BCUT2D eigenvalue weighted by atomic mass is 9.94. The molecule has 36 heavy (non-hydrogen) atoms. The number of piperidine rings is 1. The summed E-state index contributed by atoms with van der Waals surface area (Å²) < 4.78 is 12.6. The third-order valence-corrected chi connectivity index (χ3v) is 6.83. The lowest BCUT2D eigenvalue weighted by Gasteiger charge is -2.33. The number of rotatable bonds is 8. The highest BCUT2D eigenvalue weighted by Gasteiger charge is 2.31. The van der Waals surface area contributed by atoms with Gasteiger partial charge in [-0.25, -0.2) is 4.68 Å². The summed E-state index contributed by atoms with van der Waals surface area (Å²) in [6.45, 7) is 6.50. The van der Waals surface area contributed by atoms with Crippen LogP contribution in [0.15, 0.2) is 54.7 Å². The Morgan fingerprint density at radius 3 is 2.25 bits per heavy atom. The molecule has 0 atom stereocenters. The first-order chi connectivity index (χ1) is 17.5. The van der Waals surface area contributed by atoms with Gasteiger partial charge in [-0.15, -0.1) is 0 Å². The van der Waals surface area contributed by atoms with E-state index in [-0.39, 0.29) is 17.7 Å². The first-order valence-corrected chi connectivity index (χ1v) is 12.5. The van der Waals surface area contributed by atoms with Crippen LogP contribution in [0.25, 0.3) is 16.9 Å². The van der Waals surface area contributed by atoms with Gasteiger partial charge >= 0.3 is 0 Å². The molecule has 0 aliphatic carbocycles. The van der Waals surface area contributed by atoms with Crippen molar-refractivity contribution in [2.24, 2.45) is 5.92 Å². The summed E-state index contributed by atoms with van der Waals surface area (Å²) >= 11 is 0. The van der Waals surface area contributed by atoms with Crippen molar-refractivity contribution in [1.82, 2.24) is 19.6 Å². The van der Waals surface area contributed by atoms with E-state index in [0.29, 0.717) is 61.8 Å². The second kappa shape index (κ2) is 11.3. The van der Waals surface area contributed by atoms with E-state index in [9.17, 15) is 9.59 Å². The van der Waals surface area contributed by atoms with Crippen molar-refractivity contribution in [3.05, 3.63) is 60.3 Å². The predicted molar refractivity (Wildman–Crippen MR) is 139 cm³/mol. The van der Waals surface area contributed by atoms with E-state index in [0.717, 1.165) is 11.3 Å². The maximum atomic E-state index is 13.8. The van der Waals surface area contributed by atoms with Gasteiger partial charge in [0.05, 0.1) is 25.5 Å². The Balaban J connectivity index is 1.64. The normalized spacial score (nSPS) is 13.9. The number of para-hydroxylation sites is 1. The van der Waals surface area contributed by atoms with Gasteiger partial charge in [0.2, 0.25) is 5.91 Å². The highest BCUT2D eigenvalue weighted by Crippen LogP contribution is 2.34. The molecule has 2 aromatic carbocycles. The molecule has 8 heteroatoms. The SMILES string of the molecule is CCN(CC)C(=O)C1CCN(C(=O)c2cn(-c3ccccc3)nc2-c2ccc(OC)c(OC)c2)CC1. The monoisotopic (exact) mass is 490 g/mol. The fourth-order valence-corrected chi connectivity index (χ4v) is 4.73. The molecule has 4 rings (SSSR count). The topological polar surface area (TPSA) is 76.9 Å².